The lowest BCUT2D eigenvalue weighted by molar-refractivity contribution is 0.376. The molecule has 0 radical (unpaired) electrons. The standard InChI is InChI=1S/C21H30/c1-3-5-6-7-9-19-12-16-21(17-13-19)20-14-10-18(8-4-2)11-15-20/h5-7,9-11,14-15,19,21H,3-4,8,12-13,16-17H2,1-2H3. The lowest BCUT2D eigenvalue weighted by atomic mass is 9.78. The van der Waals surface area contributed by atoms with Crippen molar-refractivity contribution in [3.05, 3.63) is 59.7 Å². The summed E-state index contributed by atoms with van der Waals surface area (Å²) in [6, 6.07) is 9.41. The van der Waals surface area contributed by atoms with Gasteiger partial charge in [-0.05, 0) is 61.5 Å². The highest BCUT2D eigenvalue weighted by atomic mass is 14.2. The van der Waals surface area contributed by atoms with Crippen LogP contribution < -0.4 is 0 Å². The molecule has 0 heteroatoms. The summed E-state index contributed by atoms with van der Waals surface area (Å²) in [5.41, 5.74) is 3.05. The van der Waals surface area contributed by atoms with Crippen molar-refractivity contribution in [1.29, 1.82) is 0 Å². The summed E-state index contributed by atoms with van der Waals surface area (Å²) in [6.45, 7) is 4.43. The van der Waals surface area contributed by atoms with Gasteiger partial charge in [0.1, 0.15) is 0 Å². The van der Waals surface area contributed by atoms with E-state index >= 15 is 0 Å². The normalized spacial score (nSPS) is 23.1. The average Bonchev–Trinajstić information content (AvgIpc) is 2.53. The molecular formula is C21H30. The summed E-state index contributed by atoms with van der Waals surface area (Å²) in [6.07, 6.45) is 18.0. The molecule has 114 valence electrons. The lowest BCUT2D eigenvalue weighted by Gasteiger charge is -2.27. The molecule has 0 amide bonds. The zero-order valence-corrected chi connectivity index (χ0v) is 13.7. The van der Waals surface area contributed by atoms with Crippen LogP contribution in [0, 0.1) is 5.92 Å². The predicted octanol–water partition coefficient (Wildman–Crippen LogP) is 6.44. The summed E-state index contributed by atoms with van der Waals surface area (Å²) in [4.78, 5) is 0. The molecule has 1 aromatic rings. The molecule has 1 aliphatic carbocycles. The van der Waals surface area contributed by atoms with E-state index in [-0.39, 0.29) is 0 Å². The first-order valence-corrected chi connectivity index (χ1v) is 8.75. The summed E-state index contributed by atoms with van der Waals surface area (Å²) in [7, 11) is 0. The maximum atomic E-state index is 2.41. The molecule has 0 saturated heterocycles. The Balaban J connectivity index is 1.83. The minimum atomic E-state index is 0.788. The van der Waals surface area contributed by atoms with Crippen LogP contribution in [0.3, 0.4) is 0 Å². The minimum absolute atomic E-state index is 0.788. The molecule has 0 heterocycles. The molecule has 1 aliphatic rings. The van der Waals surface area contributed by atoms with E-state index in [2.05, 4.69) is 62.4 Å². The predicted molar refractivity (Wildman–Crippen MR) is 93.7 cm³/mol. The maximum Gasteiger partial charge on any atom is -0.0162 e. The fourth-order valence-corrected chi connectivity index (χ4v) is 3.33. The quantitative estimate of drug-likeness (QED) is 0.527. The largest absolute Gasteiger partial charge is 0.0848 e. The highest BCUT2D eigenvalue weighted by Crippen LogP contribution is 2.36. The zero-order valence-electron chi connectivity index (χ0n) is 13.7. The smallest absolute Gasteiger partial charge is 0.0162 e. The third-order valence-corrected chi connectivity index (χ3v) is 4.63. The fraction of sp³-hybridized carbons (Fsp3) is 0.524. The van der Waals surface area contributed by atoms with Gasteiger partial charge < -0.3 is 0 Å². The van der Waals surface area contributed by atoms with E-state index in [1.165, 1.54) is 44.1 Å². The van der Waals surface area contributed by atoms with Crippen molar-refractivity contribution in [2.75, 3.05) is 0 Å². The van der Waals surface area contributed by atoms with Crippen molar-refractivity contribution in [2.24, 2.45) is 5.92 Å². The van der Waals surface area contributed by atoms with E-state index < -0.39 is 0 Å². The van der Waals surface area contributed by atoms with Crippen LogP contribution in [0.25, 0.3) is 0 Å². The van der Waals surface area contributed by atoms with Gasteiger partial charge in [-0.25, -0.2) is 0 Å². The van der Waals surface area contributed by atoms with Gasteiger partial charge in [0.2, 0.25) is 0 Å². The summed E-state index contributed by atoms with van der Waals surface area (Å²) in [5, 5.41) is 0. The average molecular weight is 282 g/mol. The van der Waals surface area contributed by atoms with E-state index in [4.69, 9.17) is 0 Å². The van der Waals surface area contributed by atoms with Crippen LogP contribution in [0.1, 0.15) is 69.4 Å². The number of aryl methyl sites for hydroxylation is 1. The van der Waals surface area contributed by atoms with Gasteiger partial charge in [-0.2, -0.15) is 0 Å². The van der Waals surface area contributed by atoms with Gasteiger partial charge >= 0.3 is 0 Å². The summed E-state index contributed by atoms with van der Waals surface area (Å²) < 4.78 is 0. The third kappa shape index (κ3) is 5.19. The Morgan fingerprint density at radius 1 is 0.952 bits per heavy atom. The van der Waals surface area contributed by atoms with Gasteiger partial charge in [-0.1, -0.05) is 68.8 Å². The number of hydrogen-bond acceptors (Lipinski definition) is 0. The third-order valence-electron chi connectivity index (χ3n) is 4.63. The van der Waals surface area contributed by atoms with Crippen molar-refractivity contribution in [2.45, 2.75) is 64.7 Å². The van der Waals surface area contributed by atoms with E-state index in [1.54, 1.807) is 5.56 Å². The van der Waals surface area contributed by atoms with Crippen LogP contribution in [0.15, 0.2) is 48.6 Å². The minimum Gasteiger partial charge on any atom is -0.0848 e. The van der Waals surface area contributed by atoms with Crippen molar-refractivity contribution in [3.63, 3.8) is 0 Å². The van der Waals surface area contributed by atoms with Gasteiger partial charge in [0.25, 0.3) is 0 Å². The molecule has 0 atom stereocenters. The molecule has 0 N–H and O–H groups in total. The van der Waals surface area contributed by atoms with Gasteiger partial charge in [0.15, 0.2) is 0 Å². The monoisotopic (exact) mass is 282 g/mol. The zero-order chi connectivity index (χ0) is 14.9. The SMILES string of the molecule is CCC=CC=CC1CCC(c2ccc(CCC)cc2)CC1. The van der Waals surface area contributed by atoms with E-state index in [9.17, 15) is 0 Å². The van der Waals surface area contributed by atoms with Crippen LogP contribution in [0.5, 0.6) is 0 Å². The molecule has 0 aliphatic heterocycles. The number of benzene rings is 1. The van der Waals surface area contributed by atoms with E-state index in [1.807, 2.05) is 0 Å². The summed E-state index contributed by atoms with van der Waals surface area (Å²) >= 11 is 0. The number of rotatable bonds is 6. The molecule has 0 nitrogen and oxygen atoms in total. The molecule has 2 rings (SSSR count). The molecule has 1 saturated carbocycles. The van der Waals surface area contributed by atoms with Crippen LogP contribution in [0.2, 0.25) is 0 Å². The molecule has 1 aromatic carbocycles. The number of hydrogen-bond donors (Lipinski definition) is 0. The van der Waals surface area contributed by atoms with Crippen LogP contribution >= 0.6 is 0 Å². The fourth-order valence-electron chi connectivity index (χ4n) is 3.33. The first-order valence-electron chi connectivity index (χ1n) is 8.75. The van der Waals surface area contributed by atoms with Gasteiger partial charge in [0.05, 0.1) is 0 Å². The Morgan fingerprint density at radius 3 is 2.29 bits per heavy atom. The van der Waals surface area contributed by atoms with Crippen molar-refractivity contribution >= 4 is 0 Å². The summed E-state index contributed by atoms with van der Waals surface area (Å²) in [5.74, 6) is 1.58. The van der Waals surface area contributed by atoms with Gasteiger partial charge in [0, 0.05) is 0 Å². The molecule has 0 bridgehead atoms. The number of allylic oxidation sites excluding steroid dienone is 4. The van der Waals surface area contributed by atoms with E-state index in [0.29, 0.717) is 0 Å². The second kappa shape index (κ2) is 8.87. The van der Waals surface area contributed by atoms with Gasteiger partial charge in [-0.3, -0.25) is 0 Å². The molecule has 0 unspecified atom stereocenters. The first kappa shape index (κ1) is 16.1. The molecular weight excluding hydrogens is 252 g/mol. The van der Waals surface area contributed by atoms with Crippen molar-refractivity contribution < 1.29 is 0 Å². The van der Waals surface area contributed by atoms with Crippen LogP contribution in [0.4, 0.5) is 0 Å². The molecule has 1 fully saturated rings. The van der Waals surface area contributed by atoms with Crippen LogP contribution in [-0.2, 0) is 6.42 Å². The first-order chi connectivity index (χ1) is 10.3. The molecule has 0 aromatic heterocycles. The Kier molecular flexibility index (Phi) is 6.79. The second-order valence-electron chi connectivity index (χ2n) is 6.32. The molecule has 21 heavy (non-hydrogen) atoms. The lowest BCUT2D eigenvalue weighted by Crippen LogP contribution is -2.11. The maximum absolute atomic E-state index is 2.41. The Bertz CT molecular complexity index is 441. The van der Waals surface area contributed by atoms with Crippen molar-refractivity contribution in [1.82, 2.24) is 0 Å². The van der Waals surface area contributed by atoms with Crippen molar-refractivity contribution in [3.8, 4) is 0 Å². The Labute approximate surface area is 131 Å². The molecule has 0 spiro atoms. The van der Waals surface area contributed by atoms with Crippen LogP contribution in [-0.4, -0.2) is 0 Å². The highest BCUT2D eigenvalue weighted by molar-refractivity contribution is 5.26. The Morgan fingerprint density at radius 2 is 1.67 bits per heavy atom. The second-order valence-corrected chi connectivity index (χ2v) is 6.32. The topological polar surface area (TPSA) is 0 Å². The van der Waals surface area contributed by atoms with Gasteiger partial charge in [-0.15, -0.1) is 0 Å². The highest BCUT2D eigenvalue weighted by Gasteiger charge is 2.20. The Hall–Kier alpha value is -1.30. The van der Waals surface area contributed by atoms with E-state index in [0.717, 1.165) is 18.3 Å².